The van der Waals surface area contributed by atoms with Crippen molar-refractivity contribution in [2.75, 3.05) is 21.3 Å². The van der Waals surface area contributed by atoms with E-state index >= 15 is 0 Å². The highest BCUT2D eigenvalue weighted by atomic mass is 19.3. The Hall–Kier alpha value is -2.03. The maximum Gasteiger partial charge on any atom is 0.357 e. The molecule has 1 aromatic carbocycles. The molecule has 17 heavy (non-hydrogen) atoms. The standard InChI is InChI=1S/C11H11F2NO3/c1-15-8-4-7(11(12,13)6-14)5-9(16-2)10(8)17-3/h4-5H,1-3H3. The highest BCUT2D eigenvalue weighted by Gasteiger charge is 2.33. The fraction of sp³-hybridized carbons (Fsp3) is 0.364. The van der Waals surface area contributed by atoms with Crippen molar-refractivity contribution in [2.24, 2.45) is 0 Å². The number of nitriles is 1. The molecule has 0 spiro atoms. The Labute approximate surface area is 97.3 Å². The third kappa shape index (κ3) is 2.38. The van der Waals surface area contributed by atoms with Gasteiger partial charge in [-0.15, -0.1) is 0 Å². The molecule has 0 aromatic heterocycles. The highest BCUT2D eigenvalue weighted by molar-refractivity contribution is 5.55. The highest BCUT2D eigenvalue weighted by Crippen LogP contribution is 2.42. The van der Waals surface area contributed by atoms with Gasteiger partial charge in [-0.1, -0.05) is 0 Å². The summed E-state index contributed by atoms with van der Waals surface area (Å²) in [7, 11) is 3.99. The summed E-state index contributed by atoms with van der Waals surface area (Å²) in [5.41, 5.74) is -0.505. The molecule has 0 N–H and O–H groups in total. The number of hydrogen-bond donors (Lipinski definition) is 0. The molecule has 0 unspecified atom stereocenters. The summed E-state index contributed by atoms with van der Waals surface area (Å²) in [6, 6.07) is 3.00. The Morgan fingerprint density at radius 3 is 1.82 bits per heavy atom. The number of nitrogens with zero attached hydrogens (tertiary/aromatic N) is 1. The molecule has 0 saturated carbocycles. The average Bonchev–Trinajstić information content (AvgIpc) is 2.36. The molecule has 0 radical (unpaired) electrons. The molecule has 6 heteroatoms. The van der Waals surface area contributed by atoms with Crippen LogP contribution < -0.4 is 14.2 Å². The van der Waals surface area contributed by atoms with E-state index in [-0.39, 0.29) is 17.2 Å². The van der Waals surface area contributed by atoms with E-state index in [1.165, 1.54) is 21.3 Å². The topological polar surface area (TPSA) is 51.5 Å². The van der Waals surface area contributed by atoms with Gasteiger partial charge in [0.2, 0.25) is 5.75 Å². The van der Waals surface area contributed by atoms with Crippen molar-refractivity contribution in [3.63, 3.8) is 0 Å². The first-order valence-corrected chi connectivity index (χ1v) is 4.59. The van der Waals surface area contributed by atoms with Gasteiger partial charge in [-0.2, -0.15) is 14.0 Å². The quantitative estimate of drug-likeness (QED) is 0.814. The first kappa shape index (κ1) is 13.0. The lowest BCUT2D eigenvalue weighted by Gasteiger charge is -2.15. The fourth-order valence-corrected chi connectivity index (χ4v) is 1.33. The van der Waals surface area contributed by atoms with E-state index in [0.717, 1.165) is 18.2 Å². The van der Waals surface area contributed by atoms with E-state index in [1.54, 1.807) is 0 Å². The molecular formula is C11H11F2NO3. The van der Waals surface area contributed by atoms with Gasteiger partial charge in [0.05, 0.1) is 21.3 Å². The average molecular weight is 243 g/mol. The summed E-state index contributed by atoms with van der Waals surface area (Å²) in [6.07, 6.45) is 0. The lowest BCUT2D eigenvalue weighted by molar-refractivity contribution is 0.0606. The van der Waals surface area contributed by atoms with Crippen LogP contribution in [0.15, 0.2) is 12.1 Å². The first-order valence-electron chi connectivity index (χ1n) is 4.59. The van der Waals surface area contributed by atoms with E-state index < -0.39 is 11.5 Å². The molecule has 0 aliphatic carbocycles. The lowest BCUT2D eigenvalue weighted by Crippen LogP contribution is -2.10. The second kappa shape index (κ2) is 4.87. The van der Waals surface area contributed by atoms with Crippen molar-refractivity contribution >= 4 is 0 Å². The van der Waals surface area contributed by atoms with Crippen LogP contribution in [0.1, 0.15) is 5.56 Å². The zero-order valence-corrected chi connectivity index (χ0v) is 9.58. The molecule has 1 rings (SSSR count). The van der Waals surface area contributed by atoms with Gasteiger partial charge in [0, 0.05) is 5.56 Å². The predicted octanol–water partition coefficient (Wildman–Crippen LogP) is 2.33. The summed E-state index contributed by atoms with van der Waals surface area (Å²) in [4.78, 5) is 0. The number of halogens is 2. The fourth-order valence-electron chi connectivity index (χ4n) is 1.33. The summed E-state index contributed by atoms with van der Waals surface area (Å²) in [5.74, 6) is -3.24. The molecule has 0 aliphatic rings. The van der Waals surface area contributed by atoms with Gasteiger partial charge >= 0.3 is 5.92 Å². The minimum Gasteiger partial charge on any atom is -0.493 e. The van der Waals surface area contributed by atoms with Crippen LogP contribution in [-0.2, 0) is 5.92 Å². The van der Waals surface area contributed by atoms with Crippen LogP contribution in [0.2, 0.25) is 0 Å². The Balaban J connectivity index is 3.44. The van der Waals surface area contributed by atoms with Gasteiger partial charge < -0.3 is 14.2 Å². The minimum atomic E-state index is -3.60. The normalized spacial score (nSPS) is 10.6. The zero-order chi connectivity index (χ0) is 13.1. The number of rotatable bonds is 4. The summed E-state index contributed by atoms with van der Waals surface area (Å²) >= 11 is 0. The largest absolute Gasteiger partial charge is 0.493 e. The molecule has 0 bridgehead atoms. The van der Waals surface area contributed by atoms with Gasteiger partial charge in [-0.3, -0.25) is 0 Å². The van der Waals surface area contributed by atoms with Crippen molar-refractivity contribution in [3.05, 3.63) is 17.7 Å². The number of hydrogen-bond acceptors (Lipinski definition) is 4. The van der Waals surface area contributed by atoms with Crippen molar-refractivity contribution in [1.82, 2.24) is 0 Å². The Morgan fingerprint density at radius 2 is 1.53 bits per heavy atom. The zero-order valence-electron chi connectivity index (χ0n) is 9.58. The molecule has 0 fully saturated rings. The molecule has 0 atom stereocenters. The predicted molar refractivity (Wildman–Crippen MR) is 55.6 cm³/mol. The maximum atomic E-state index is 13.2. The third-order valence-corrected chi connectivity index (χ3v) is 2.17. The van der Waals surface area contributed by atoms with Crippen LogP contribution in [0, 0.1) is 11.3 Å². The lowest BCUT2D eigenvalue weighted by atomic mass is 10.1. The van der Waals surface area contributed by atoms with E-state index in [4.69, 9.17) is 19.5 Å². The molecule has 0 saturated heterocycles. The van der Waals surface area contributed by atoms with E-state index in [2.05, 4.69) is 0 Å². The van der Waals surface area contributed by atoms with Crippen molar-refractivity contribution in [2.45, 2.75) is 5.92 Å². The second-order valence-electron chi connectivity index (χ2n) is 3.10. The van der Waals surface area contributed by atoms with Crippen LogP contribution in [0.3, 0.4) is 0 Å². The van der Waals surface area contributed by atoms with Crippen LogP contribution in [-0.4, -0.2) is 21.3 Å². The second-order valence-corrected chi connectivity index (χ2v) is 3.10. The third-order valence-electron chi connectivity index (χ3n) is 2.17. The molecule has 0 heterocycles. The first-order chi connectivity index (χ1) is 8.00. The van der Waals surface area contributed by atoms with E-state index in [9.17, 15) is 8.78 Å². The minimum absolute atomic E-state index is 0.0803. The van der Waals surface area contributed by atoms with Crippen LogP contribution >= 0.6 is 0 Å². The smallest absolute Gasteiger partial charge is 0.357 e. The molecule has 1 aromatic rings. The van der Waals surface area contributed by atoms with Gasteiger partial charge in [0.15, 0.2) is 11.5 Å². The van der Waals surface area contributed by atoms with Gasteiger partial charge in [-0.25, -0.2) is 0 Å². The summed E-state index contributed by atoms with van der Waals surface area (Å²) in [5, 5.41) is 8.39. The Kier molecular flexibility index (Phi) is 3.73. The SMILES string of the molecule is COc1cc(C(F)(F)C#N)cc(OC)c1OC. The molecular weight excluding hydrogens is 232 g/mol. The van der Waals surface area contributed by atoms with Gasteiger partial charge in [-0.05, 0) is 12.1 Å². The van der Waals surface area contributed by atoms with Crippen LogP contribution in [0.25, 0.3) is 0 Å². The van der Waals surface area contributed by atoms with Crippen molar-refractivity contribution in [1.29, 1.82) is 5.26 Å². The molecule has 4 nitrogen and oxygen atoms in total. The number of alkyl halides is 2. The number of ether oxygens (including phenoxy) is 3. The number of benzene rings is 1. The Bertz CT molecular complexity index is 430. The summed E-state index contributed by atoms with van der Waals surface area (Å²) in [6.45, 7) is 0. The monoisotopic (exact) mass is 243 g/mol. The summed E-state index contributed by atoms with van der Waals surface area (Å²) < 4.78 is 41.3. The Morgan fingerprint density at radius 1 is 1.06 bits per heavy atom. The van der Waals surface area contributed by atoms with E-state index in [1.807, 2.05) is 0 Å². The molecule has 0 amide bonds. The van der Waals surface area contributed by atoms with Gasteiger partial charge in [0.1, 0.15) is 6.07 Å². The van der Waals surface area contributed by atoms with Crippen LogP contribution in [0.4, 0.5) is 8.78 Å². The number of methoxy groups -OCH3 is 3. The van der Waals surface area contributed by atoms with Crippen molar-refractivity contribution in [3.8, 4) is 23.3 Å². The van der Waals surface area contributed by atoms with Gasteiger partial charge in [0.25, 0.3) is 0 Å². The molecule has 0 aliphatic heterocycles. The molecule has 92 valence electrons. The van der Waals surface area contributed by atoms with E-state index in [0.29, 0.717) is 0 Å². The van der Waals surface area contributed by atoms with Crippen molar-refractivity contribution < 1.29 is 23.0 Å². The maximum absolute atomic E-state index is 13.2. The van der Waals surface area contributed by atoms with Crippen LogP contribution in [0.5, 0.6) is 17.2 Å².